The molecule has 0 unspecified atom stereocenters. The summed E-state index contributed by atoms with van der Waals surface area (Å²) < 4.78 is 1.65. The van der Waals surface area contributed by atoms with Gasteiger partial charge in [0.15, 0.2) is 0 Å². The molecule has 1 aromatic rings. The fraction of sp³-hybridized carbons (Fsp3) is 0.786. The molecular weight excluding hydrogens is 270 g/mol. The number of rotatable bonds is 5. The van der Waals surface area contributed by atoms with E-state index in [0.717, 1.165) is 32.1 Å². The van der Waals surface area contributed by atoms with E-state index in [4.69, 9.17) is 5.73 Å². The summed E-state index contributed by atoms with van der Waals surface area (Å²) in [6.45, 7) is 2.00. The molecule has 1 aliphatic rings. The first kappa shape index (κ1) is 15.8. The molecule has 1 aliphatic carbocycles. The summed E-state index contributed by atoms with van der Waals surface area (Å²) in [4.78, 5) is 13.2. The monoisotopic (exact) mass is 295 g/mol. The molecule has 1 aromatic heterocycles. The predicted molar refractivity (Wildman–Crippen MR) is 82.5 cm³/mol. The van der Waals surface area contributed by atoms with Crippen molar-refractivity contribution in [3.63, 3.8) is 0 Å². The Hall–Kier alpha value is -1.63. The third-order valence-electron chi connectivity index (χ3n) is 4.35. The molecule has 0 spiro atoms. The quantitative estimate of drug-likeness (QED) is 0.662. The Morgan fingerprint density at radius 3 is 2.57 bits per heavy atom. The van der Waals surface area contributed by atoms with Crippen LogP contribution in [-0.2, 0) is 13.5 Å². The number of nitrogens with two attached hydrogens (primary N) is 1. The van der Waals surface area contributed by atoms with Crippen LogP contribution in [0.4, 0.5) is 11.5 Å². The lowest BCUT2D eigenvalue weighted by atomic mass is 9.91. The molecule has 2 rings (SSSR count). The van der Waals surface area contributed by atoms with Gasteiger partial charge >= 0.3 is 5.69 Å². The zero-order valence-corrected chi connectivity index (χ0v) is 13.1. The van der Waals surface area contributed by atoms with Crippen molar-refractivity contribution in [2.24, 2.45) is 12.8 Å². The van der Waals surface area contributed by atoms with Crippen molar-refractivity contribution in [3.05, 3.63) is 15.8 Å². The van der Waals surface area contributed by atoms with Gasteiger partial charge in [-0.15, -0.1) is 0 Å². The van der Waals surface area contributed by atoms with Gasteiger partial charge in [0.2, 0.25) is 5.82 Å². The van der Waals surface area contributed by atoms with E-state index < -0.39 is 0 Å². The fourth-order valence-corrected chi connectivity index (χ4v) is 3.21. The van der Waals surface area contributed by atoms with Gasteiger partial charge in [-0.05, 0) is 32.1 Å². The average molecular weight is 295 g/mol. The normalized spacial score (nSPS) is 22.3. The molecule has 0 aliphatic heterocycles. The summed E-state index contributed by atoms with van der Waals surface area (Å²) in [5, 5.41) is 15.8. The van der Waals surface area contributed by atoms with Crippen molar-refractivity contribution >= 4 is 11.5 Å². The van der Waals surface area contributed by atoms with Gasteiger partial charge in [0.25, 0.3) is 0 Å². The second-order valence-electron chi connectivity index (χ2n) is 5.93. The van der Waals surface area contributed by atoms with Crippen LogP contribution in [0.25, 0.3) is 0 Å². The summed E-state index contributed by atoms with van der Waals surface area (Å²) in [5.41, 5.74) is 6.69. The Morgan fingerprint density at radius 1 is 1.43 bits per heavy atom. The molecular formula is C14H25N5O2. The summed E-state index contributed by atoms with van der Waals surface area (Å²) in [7, 11) is 3.72. The Bertz CT molecular complexity index is 506. The highest BCUT2D eigenvalue weighted by atomic mass is 16.6. The van der Waals surface area contributed by atoms with E-state index in [2.05, 4.69) is 5.10 Å². The molecule has 118 valence electrons. The molecule has 0 aromatic carbocycles. The van der Waals surface area contributed by atoms with Gasteiger partial charge in [0.05, 0.1) is 4.92 Å². The lowest BCUT2D eigenvalue weighted by molar-refractivity contribution is -0.384. The fourth-order valence-electron chi connectivity index (χ4n) is 3.21. The van der Waals surface area contributed by atoms with Crippen molar-refractivity contribution in [1.29, 1.82) is 0 Å². The lowest BCUT2D eigenvalue weighted by Crippen LogP contribution is -2.39. The molecule has 21 heavy (non-hydrogen) atoms. The van der Waals surface area contributed by atoms with Crippen LogP contribution < -0.4 is 10.6 Å². The minimum Gasteiger partial charge on any atom is -0.351 e. The standard InChI is InChI=1S/C14H25N5O2/c1-4-5-12-13(19(20)21)14(18(3)16-12)17(2)11-8-6-10(15)7-9-11/h10-11H,4-9,15H2,1-3H3. The van der Waals surface area contributed by atoms with Gasteiger partial charge in [0.1, 0.15) is 5.69 Å². The van der Waals surface area contributed by atoms with E-state index in [9.17, 15) is 10.1 Å². The number of aromatic nitrogens is 2. The SMILES string of the molecule is CCCc1nn(C)c(N(C)C2CCC(N)CC2)c1[N+](=O)[O-]. The highest BCUT2D eigenvalue weighted by molar-refractivity contribution is 5.61. The summed E-state index contributed by atoms with van der Waals surface area (Å²) in [6, 6.07) is 0.570. The second-order valence-corrected chi connectivity index (χ2v) is 5.93. The number of nitrogens with zero attached hydrogens (tertiary/aromatic N) is 4. The van der Waals surface area contributed by atoms with Crippen LogP contribution in [0.2, 0.25) is 0 Å². The van der Waals surface area contributed by atoms with Crippen molar-refractivity contribution in [2.45, 2.75) is 57.5 Å². The molecule has 1 saturated carbocycles. The molecule has 0 radical (unpaired) electrons. The summed E-state index contributed by atoms with van der Waals surface area (Å²) in [5.74, 6) is 0.615. The van der Waals surface area contributed by atoms with Crippen LogP contribution in [0.5, 0.6) is 0 Å². The maximum Gasteiger partial charge on any atom is 0.334 e. The smallest absolute Gasteiger partial charge is 0.334 e. The molecule has 7 heteroatoms. The van der Waals surface area contributed by atoms with Crippen LogP contribution in [-0.4, -0.2) is 33.8 Å². The molecule has 0 atom stereocenters. The van der Waals surface area contributed by atoms with Gasteiger partial charge in [-0.1, -0.05) is 13.3 Å². The number of aryl methyl sites for hydroxylation is 2. The van der Waals surface area contributed by atoms with Crippen molar-refractivity contribution in [2.75, 3.05) is 11.9 Å². The van der Waals surface area contributed by atoms with E-state index in [1.165, 1.54) is 0 Å². The van der Waals surface area contributed by atoms with E-state index in [0.29, 0.717) is 24.0 Å². The van der Waals surface area contributed by atoms with Crippen LogP contribution in [0.1, 0.15) is 44.7 Å². The van der Waals surface area contributed by atoms with Crippen LogP contribution in [0.15, 0.2) is 0 Å². The summed E-state index contributed by atoms with van der Waals surface area (Å²) >= 11 is 0. The molecule has 2 N–H and O–H groups in total. The van der Waals surface area contributed by atoms with Crippen molar-refractivity contribution in [1.82, 2.24) is 9.78 Å². The Balaban J connectivity index is 2.31. The van der Waals surface area contributed by atoms with Crippen molar-refractivity contribution in [3.8, 4) is 0 Å². The predicted octanol–water partition coefficient (Wildman–Crippen LogP) is 1.99. The third kappa shape index (κ3) is 3.18. The highest BCUT2D eigenvalue weighted by Gasteiger charge is 2.32. The number of hydrogen-bond acceptors (Lipinski definition) is 5. The number of nitro groups is 1. The van der Waals surface area contributed by atoms with Gasteiger partial charge in [-0.3, -0.25) is 10.1 Å². The average Bonchev–Trinajstić information content (AvgIpc) is 2.76. The zero-order chi connectivity index (χ0) is 15.6. The van der Waals surface area contributed by atoms with E-state index in [-0.39, 0.29) is 16.7 Å². The maximum absolute atomic E-state index is 11.5. The van der Waals surface area contributed by atoms with Gasteiger partial charge < -0.3 is 10.6 Å². The molecule has 1 fully saturated rings. The highest BCUT2D eigenvalue weighted by Crippen LogP contribution is 2.35. The van der Waals surface area contributed by atoms with Crippen LogP contribution >= 0.6 is 0 Å². The molecule has 7 nitrogen and oxygen atoms in total. The van der Waals surface area contributed by atoms with Gasteiger partial charge in [-0.2, -0.15) is 5.10 Å². The largest absolute Gasteiger partial charge is 0.351 e. The Morgan fingerprint density at radius 2 is 2.05 bits per heavy atom. The van der Waals surface area contributed by atoms with Gasteiger partial charge in [-0.25, -0.2) is 4.68 Å². The van der Waals surface area contributed by atoms with Crippen LogP contribution in [0, 0.1) is 10.1 Å². The third-order valence-corrected chi connectivity index (χ3v) is 4.35. The minimum absolute atomic E-state index is 0.164. The number of anilines is 1. The Kier molecular flexibility index (Phi) is 4.82. The second kappa shape index (κ2) is 6.43. The van der Waals surface area contributed by atoms with Crippen molar-refractivity contribution < 1.29 is 4.92 Å². The maximum atomic E-state index is 11.5. The van der Waals surface area contributed by atoms with E-state index in [1.54, 1.807) is 11.7 Å². The topological polar surface area (TPSA) is 90.2 Å². The zero-order valence-electron chi connectivity index (χ0n) is 13.1. The molecule has 0 amide bonds. The Labute approximate surface area is 125 Å². The van der Waals surface area contributed by atoms with Gasteiger partial charge in [0, 0.05) is 26.2 Å². The molecule has 0 saturated heterocycles. The van der Waals surface area contributed by atoms with Crippen LogP contribution in [0.3, 0.4) is 0 Å². The molecule has 1 heterocycles. The lowest BCUT2D eigenvalue weighted by Gasteiger charge is -2.34. The minimum atomic E-state index is -0.293. The number of hydrogen-bond donors (Lipinski definition) is 1. The van der Waals surface area contributed by atoms with E-state index >= 15 is 0 Å². The first-order chi connectivity index (χ1) is 9.95. The summed E-state index contributed by atoms with van der Waals surface area (Å²) in [6.07, 6.45) is 5.38. The molecule has 0 bridgehead atoms. The first-order valence-electron chi connectivity index (χ1n) is 7.64. The first-order valence-corrected chi connectivity index (χ1v) is 7.64. The van der Waals surface area contributed by atoms with E-state index in [1.807, 2.05) is 18.9 Å².